The first-order valence-corrected chi connectivity index (χ1v) is 7.50. The van der Waals surface area contributed by atoms with Crippen LogP contribution in [0.15, 0.2) is 12.2 Å². The van der Waals surface area contributed by atoms with Crippen LogP contribution in [0.5, 0.6) is 0 Å². The predicted octanol–water partition coefficient (Wildman–Crippen LogP) is 5.44. The average Bonchev–Trinajstić information content (AvgIpc) is 2.35. The van der Waals surface area contributed by atoms with E-state index in [1.54, 1.807) is 0 Å². The third-order valence-electron chi connectivity index (χ3n) is 3.09. The summed E-state index contributed by atoms with van der Waals surface area (Å²) in [5, 5.41) is 0. The summed E-state index contributed by atoms with van der Waals surface area (Å²) in [6.45, 7) is 2.27. The van der Waals surface area contributed by atoms with E-state index in [9.17, 15) is 4.79 Å². The second-order valence-electron chi connectivity index (χ2n) is 4.83. The predicted molar refractivity (Wildman–Crippen MR) is 76.3 cm³/mol. The van der Waals surface area contributed by atoms with Crippen molar-refractivity contribution >= 4 is 6.29 Å². The standard InChI is InChI=1S/C16H30O/c1-2-3-4-5-6-7-8-9-10-11-12-13-14-15-16-17/h12-13,16H,2-11,14-15H2,1H3/b13-12-. The van der Waals surface area contributed by atoms with Gasteiger partial charge in [0, 0.05) is 6.42 Å². The van der Waals surface area contributed by atoms with Crippen molar-refractivity contribution in [3.8, 4) is 0 Å². The van der Waals surface area contributed by atoms with Crippen LogP contribution in [0.4, 0.5) is 0 Å². The Morgan fingerprint density at radius 3 is 1.76 bits per heavy atom. The van der Waals surface area contributed by atoms with Crippen molar-refractivity contribution in [2.75, 3.05) is 0 Å². The molecule has 0 saturated carbocycles. The minimum Gasteiger partial charge on any atom is -0.303 e. The summed E-state index contributed by atoms with van der Waals surface area (Å²) in [7, 11) is 0. The maximum absolute atomic E-state index is 10.1. The van der Waals surface area contributed by atoms with E-state index >= 15 is 0 Å². The molecular weight excluding hydrogens is 208 g/mol. The van der Waals surface area contributed by atoms with E-state index in [1.165, 1.54) is 64.2 Å². The molecule has 0 fully saturated rings. The van der Waals surface area contributed by atoms with Crippen molar-refractivity contribution in [3.63, 3.8) is 0 Å². The highest BCUT2D eigenvalue weighted by Gasteiger charge is 1.91. The lowest BCUT2D eigenvalue weighted by molar-refractivity contribution is -0.107. The fourth-order valence-electron chi connectivity index (χ4n) is 1.97. The number of carbonyl (C=O) groups is 1. The third kappa shape index (κ3) is 15.4. The summed E-state index contributed by atoms with van der Waals surface area (Å²) in [6.07, 6.45) is 20.7. The summed E-state index contributed by atoms with van der Waals surface area (Å²) < 4.78 is 0. The van der Waals surface area contributed by atoms with Gasteiger partial charge in [-0.25, -0.2) is 0 Å². The van der Waals surface area contributed by atoms with Crippen LogP contribution in [0.25, 0.3) is 0 Å². The van der Waals surface area contributed by atoms with Gasteiger partial charge in [-0.1, -0.05) is 70.4 Å². The molecule has 0 aliphatic rings. The monoisotopic (exact) mass is 238 g/mol. The first-order chi connectivity index (χ1) is 8.41. The molecule has 17 heavy (non-hydrogen) atoms. The van der Waals surface area contributed by atoms with E-state index in [-0.39, 0.29) is 0 Å². The highest BCUT2D eigenvalue weighted by Crippen LogP contribution is 2.10. The summed E-state index contributed by atoms with van der Waals surface area (Å²) in [5.41, 5.74) is 0. The molecule has 100 valence electrons. The van der Waals surface area contributed by atoms with Crippen LogP contribution in [-0.2, 0) is 4.79 Å². The Kier molecular flexibility index (Phi) is 14.9. The summed E-state index contributed by atoms with van der Waals surface area (Å²) >= 11 is 0. The first kappa shape index (κ1) is 16.4. The SMILES string of the molecule is CCCCCCCCCCC/C=C\CCC=O. The summed E-state index contributed by atoms with van der Waals surface area (Å²) in [6, 6.07) is 0. The van der Waals surface area contributed by atoms with Crippen LogP contribution < -0.4 is 0 Å². The van der Waals surface area contributed by atoms with Crippen LogP contribution in [-0.4, -0.2) is 6.29 Å². The fraction of sp³-hybridized carbons (Fsp3) is 0.812. The average molecular weight is 238 g/mol. The van der Waals surface area contributed by atoms with Crippen LogP contribution >= 0.6 is 0 Å². The molecule has 0 aromatic heterocycles. The minimum absolute atomic E-state index is 0.675. The van der Waals surface area contributed by atoms with E-state index in [4.69, 9.17) is 0 Å². The molecule has 0 spiro atoms. The van der Waals surface area contributed by atoms with Crippen molar-refractivity contribution < 1.29 is 4.79 Å². The molecule has 0 unspecified atom stereocenters. The lowest BCUT2D eigenvalue weighted by Crippen LogP contribution is -1.80. The summed E-state index contributed by atoms with van der Waals surface area (Å²) in [4.78, 5) is 10.1. The van der Waals surface area contributed by atoms with Gasteiger partial charge >= 0.3 is 0 Å². The Labute approximate surface area is 108 Å². The van der Waals surface area contributed by atoms with Crippen molar-refractivity contribution in [1.82, 2.24) is 0 Å². The van der Waals surface area contributed by atoms with Crippen molar-refractivity contribution in [1.29, 1.82) is 0 Å². The minimum atomic E-state index is 0.675. The van der Waals surface area contributed by atoms with Gasteiger partial charge in [-0.2, -0.15) is 0 Å². The number of unbranched alkanes of at least 4 members (excludes halogenated alkanes) is 10. The molecule has 0 radical (unpaired) electrons. The normalized spacial score (nSPS) is 11.1. The molecule has 0 aromatic carbocycles. The topological polar surface area (TPSA) is 17.1 Å². The Balaban J connectivity index is 2.98. The third-order valence-corrected chi connectivity index (χ3v) is 3.09. The molecule has 0 rings (SSSR count). The number of hydrogen-bond donors (Lipinski definition) is 0. The lowest BCUT2D eigenvalue weighted by atomic mass is 10.1. The van der Waals surface area contributed by atoms with E-state index < -0.39 is 0 Å². The van der Waals surface area contributed by atoms with Crippen LogP contribution in [0.2, 0.25) is 0 Å². The molecular formula is C16H30O. The zero-order chi connectivity index (χ0) is 12.6. The van der Waals surface area contributed by atoms with Crippen LogP contribution in [0.3, 0.4) is 0 Å². The number of aldehydes is 1. The van der Waals surface area contributed by atoms with E-state index in [0.717, 1.165) is 12.7 Å². The molecule has 0 amide bonds. The van der Waals surface area contributed by atoms with E-state index in [0.29, 0.717) is 6.42 Å². The maximum Gasteiger partial charge on any atom is 0.120 e. The molecule has 1 heteroatoms. The molecule has 0 aromatic rings. The Morgan fingerprint density at radius 1 is 0.647 bits per heavy atom. The second-order valence-corrected chi connectivity index (χ2v) is 4.83. The fourth-order valence-corrected chi connectivity index (χ4v) is 1.97. The number of rotatable bonds is 13. The van der Waals surface area contributed by atoms with Gasteiger partial charge in [0.25, 0.3) is 0 Å². The van der Waals surface area contributed by atoms with Gasteiger partial charge in [0.15, 0.2) is 0 Å². The number of allylic oxidation sites excluding steroid dienone is 2. The van der Waals surface area contributed by atoms with Crippen LogP contribution in [0.1, 0.15) is 84.0 Å². The van der Waals surface area contributed by atoms with Gasteiger partial charge in [0.1, 0.15) is 6.29 Å². The number of hydrogen-bond acceptors (Lipinski definition) is 1. The molecule has 1 nitrogen and oxygen atoms in total. The number of carbonyl (C=O) groups excluding carboxylic acids is 1. The highest BCUT2D eigenvalue weighted by molar-refractivity contribution is 5.49. The second kappa shape index (κ2) is 15.4. The molecule has 0 N–H and O–H groups in total. The van der Waals surface area contributed by atoms with Gasteiger partial charge < -0.3 is 4.79 Å². The Hall–Kier alpha value is -0.590. The molecule has 0 aliphatic heterocycles. The Bertz CT molecular complexity index is 172. The van der Waals surface area contributed by atoms with Crippen molar-refractivity contribution in [2.45, 2.75) is 84.0 Å². The van der Waals surface area contributed by atoms with Crippen molar-refractivity contribution in [3.05, 3.63) is 12.2 Å². The van der Waals surface area contributed by atoms with E-state index in [1.807, 2.05) is 0 Å². The largest absolute Gasteiger partial charge is 0.303 e. The van der Waals surface area contributed by atoms with Gasteiger partial charge in [-0.3, -0.25) is 0 Å². The van der Waals surface area contributed by atoms with Gasteiger partial charge in [0.05, 0.1) is 0 Å². The van der Waals surface area contributed by atoms with E-state index in [2.05, 4.69) is 19.1 Å². The quantitative estimate of drug-likeness (QED) is 0.237. The maximum atomic E-state index is 10.1. The molecule has 0 atom stereocenters. The molecule has 0 aliphatic carbocycles. The highest BCUT2D eigenvalue weighted by atomic mass is 16.1. The van der Waals surface area contributed by atoms with Crippen molar-refractivity contribution in [2.24, 2.45) is 0 Å². The zero-order valence-electron chi connectivity index (χ0n) is 11.6. The lowest BCUT2D eigenvalue weighted by Gasteiger charge is -2.00. The molecule has 0 saturated heterocycles. The zero-order valence-corrected chi connectivity index (χ0v) is 11.6. The smallest absolute Gasteiger partial charge is 0.120 e. The Morgan fingerprint density at radius 2 is 1.18 bits per heavy atom. The van der Waals surface area contributed by atoms with Crippen LogP contribution in [0, 0.1) is 0 Å². The van der Waals surface area contributed by atoms with Gasteiger partial charge in [-0.15, -0.1) is 0 Å². The first-order valence-electron chi connectivity index (χ1n) is 7.50. The van der Waals surface area contributed by atoms with Gasteiger partial charge in [-0.05, 0) is 19.3 Å². The molecule has 0 bridgehead atoms. The van der Waals surface area contributed by atoms with Gasteiger partial charge in [0.2, 0.25) is 0 Å². The summed E-state index contributed by atoms with van der Waals surface area (Å²) in [5.74, 6) is 0. The molecule has 0 heterocycles.